The number of rotatable bonds is 7. The highest BCUT2D eigenvalue weighted by Gasteiger charge is 2.17. The molecule has 0 bridgehead atoms. The lowest BCUT2D eigenvalue weighted by Gasteiger charge is -2.16. The number of fused-ring (bicyclic) bond motifs is 1. The van der Waals surface area contributed by atoms with E-state index < -0.39 is 18.0 Å². The number of nitrogens with one attached hydrogen (secondary N) is 1. The summed E-state index contributed by atoms with van der Waals surface area (Å²) in [4.78, 5) is 20.8. The molecule has 0 radical (unpaired) electrons. The molecule has 35 heavy (non-hydrogen) atoms. The molecule has 4 aromatic rings. The molecule has 0 fully saturated rings. The van der Waals surface area contributed by atoms with Crippen LogP contribution in [0.25, 0.3) is 10.9 Å². The van der Waals surface area contributed by atoms with Crippen molar-refractivity contribution in [2.24, 2.45) is 0 Å². The highest BCUT2D eigenvalue weighted by atomic mass is 35.5. The van der Waals surface area contributed by atoms with Crippen molar-refractivity contribution >= 4 is 34.3 Å². The topological polar surface area (TPSA) is 91.8 Å². The van der Waals surface area contributed by atoms with Gasteiger partial charge in [-0.2, -0.15) is 0 Å². The number of anilines is 1. The molecule has 10 heteroatoms. The number of nitrogens with zero attached hydrogens (tertiary/aromatic N) is 2. The van der Waals surface area contributed by atoms with Gasteiger partial charge in [-0.3, -0.25) is 5.32 Å². The number of amides is 1. The van der Waals surface area contributed by atoms with Gasteiger partial charge in [0.05, 0.1) is 35.8 Å². The largest absolute Gasteiger partial charge is 0.493 e. The van der Waals surface area contributed by atoms with E-state index in [2.05, 4.69) is 15.3 Å². The Kier molecular flexibility index (Phi) is 7.17. The van der Waals surface area contributed by atoms with Crippen LogP contribution in [0, 0.1) is 5.82 Å². The lowest BCUT2D eigenvalue weighted by Crippen LogP contribution is -2.16. The van der Waals surface area contributed by atoms with Crippen LogP contribution in [0.3, 0.4) is 0 Å². The highest BCUT2D eigenvalue weighted by molar-refractivity contribution is 6.33. The van der Waals surface area contributed by atoms with Crippen LogP contribution in [-0.4, -0.2) is 30.3 Å². The Morgan fingerprint density at radius 3 is 2.49 bits per heavy atom. The van der Waals surface area contributed by atoms with Crippen molar-refractivity contribution in [2.75, 3.05) is 19.5 Å². The second-order valence-electron chi connectivity index (χ2n) is 7.34. The number of halogens is 2. The molecule has 4 rings (SSSR count). The molecule has 1 amide bonds. The predicted molar refractivity (Wildman–Crippen MR) is 129 cm³/mol. The van der Waals surface area contributed by atoms with Crippen LogP contribution in [0.15, 0.2) is 60.9 Å². The minimum Gasteiger partial charge on any atom is -0.493 e. The number of ether oxygens (including phenoxy) is 4. The normalized spacial score (nSPS) is 11.6. The third-order valence-electron chi connectivity index (χ3n) is 5.12. The lowest BCUT2D eigenvalue weighted by atomic mass is 10.1. The Bertz CT molecular complexity index is 1380. The summed E-state index contributed by atoms with van der Waals surface area (Å²) in [5.74, 6) is 1.23. The molecule has 0 saturated carbocycles. The zero-order valence-corrected chi connectivity index (χ0v) is 19.8. The van der Waals surface area contributed by atoms with Crippen LogP contribution in [0.4, 0.5) is 14.9 Å². The fourth-order valence-corrected chi connectivity index (χ4v) is 3.60. The summed E-state index contributed by atoms with van der Waals surface area (Å²) < 4.78 is 35.8. The van der Waals surface area contributed by atoms with Crippen molar-refractivity contribution in [1.82, 2.24) is 9.97 Å². The Balaban J connectivity index is 1.49. The van der Waals surface area contributed by atoms with Gasteiger partial charge in [0, 0.05) is 17.7 Å². The molecule has 1 aromatic heterocycles. The summed E-state index contributed by atoms with van der Waals surface area (Å²) in [6, 6.07) is 14.2. The second kappa shape index (κ2) is 10.4. The standard InChI is InChI=1S/C25H21ClFN3O5/c1-14(16-6-4-5-7-19(16)27)34-25(31)30-20-9-8-15(10-18(20)26)35-24-17-11-22(32-2)23(33-3)12-21(17)28-13-29-24/h4-14H,1-3H3,(H,30,31). The van der Waals surface area contributed by atoms with Gasteiger partial charge in [-0.05, 0) is 31.2 Å². The SMILES string of the molecule is COc1cc2ncnc(Oc3ccc(NC(=O)OC(C)c4ccccc4F)c(Cl)c3)c2cc1OC. The maximum absolute atomic E-state index is 13.9. The maximum atomic E-state index is 13.9. The summed E-state index contributed by atoms with van der Waals surface area (Å²) in [7, 11) is 3.07. The van der Waals surface area contributed by atoms with Crippen LogP contribution >= 0.6 is 11.6 Å². The van der Waals surface area contributed by atoms with Crippen LogP contribution in [-0.2, 0) is 4.74 Å². The number of aromatic nitrogens is 2. The highest BCUT2D eigenvalue weighted by Crippen LogP contribution is 2.37. The van der Waals surface area contributed by atoms with Gasteiger partial charge < -0.3 is 18.9 Å². The maximum Gasteiger partial charge on any atom is 0.412 e. The summed E-state index contributed by atoms with van der Waals surface area (Å²) in [5.41, 5.74) is 1.16. The lowest BCUT2D eigenvalue weighted by molar-refractivity contribution is 0.119. The average molecular weight is 498 g/mol. The van der Waals surface area contributed by atoms with Crippen molar-refractivity contribution in [3.8, 4) is 23.1 Å². The van der Waals surface area contributed by atoms with Crippen molar-refractivity contribution in [3.63, 3.8) is 0 Å². The van der Waals surface area contributed by atoms with E-state index in [0.29, 0.717) is 33.8 Å². The molecule has 180 valence electrons. The van der Waals surface area contributed by atoms with E-state index in [1.165, 1.54) is 32.7 Å². The molecule has 0 aliphatic heterocycles. The number of carbonyl (C=O) groups excluding carboxylic acids is 1. The first-order chi connectivity index (χ1) is 16.9. The summed E-state index contributed by atoms with van der Waals surface area (Å²) >= 11 is 6.34. The Morgan fingerprint density at radius 1 is 1.03 bits per heavy atom. The Hall–Kier alpha value is -4.11. The van der Waals surface area contributed by atoms with Gasteiger partial charge in [0.15, 0.2) is 11.5 Å². The fourth-order valence-electron chi connectivity index (χ4n) is 3.38. The molecule has 8 nitrogen and oxygen atoms in total. The monoisotopic (exact) mass is 497 g/mol. The molecular weight excluding hydrogens is 477 g/mol. The van der Waals surface area contributed by atoms with Crippen LogP contribution in [0.1, 0.15) is 18.6 Å². The molecule has 1 atom stereocenters. The predicted octanol–water partition coefficient (Wildman–Crippen LogP) is 6.54. The Labute approximate surface area is 205 Å². The minimum atomic E-state index is -0.792. The molecule has 1 unspecified atom stereocenters. The molecule has 0 aliphatic rings. The zero-order valence-electron chi connectivity index (χ0n) is 19.0. The molecule has 0 spiro atoms. The Morgan fingerprint density at radius 2 is 1.77 bits per heavy atom. The fraction of sp³-hybridized carbons (Fsp3) is 0.160. The first kappa shape index (κ1) is 24.0. The second-order valence-corrected chi connectivity index (χ2v) is 7.75. The molecule has 0 saturated heterocycles. The zero-order chi connectivity index (χ0) is 24.9. The van der Waals surface area contributed by atoms with Crippen molar-refractivity contribution in [1.29, 1.82) is 0 Å². The molecule has 3 aromatic carbocycles. The summed E-state index contributed by atoms with van der Waals surface area (Å²) in [6.07, 6.45) is -0.202. The van der Waals surface area contributed by atoms with Crippen LogP contribution in [0.5, 0.6) is 23.1 Å². The molecule has 0 aliphatic carbocycles. The molecule has 1 heterocycles. The first-order valence-corrected chi connectivity index (χ1v) is 10.8. The molecule has 1 N–H and O–H groups in total. The van der Waals surface area contributed by atoms with E-state index in [9.17, 15) is 9.18 Å². The smallest absolute Gasteiger partial charge is 0.412 e. The molecular formula is C25H21ClFN3O5. The van der Waals surface area contributed by atoms with Gasteiger partial charge in [-0.15, -0.1) is 0 Å². The number of hydrogen-bond acceptors (Lipinski definition) is 7. The summed E-state index contributed by atoms with van der Waals surface area (Å²) in [6.45, 7) is 1.58. The van der Waals surface area contributed by atoms with Gasteiger partial charge >= 0.3 is 6.09 Å². The number of methoxy groups -OCH3 is 2. The van der Waals surface area contributed by atoms with Gasteiger partial charge in [-0.1, -0.05) is 29.8 Å². The van der Waals surface area contributed by atoms with E-state index in [1.807, 2.05) is 0 Å². The van der Waals surface area contributed by atoms with E-state index >= 15 is 0 Å². The summed E-state index contributed by atoms with van der Waals surface area (Å²) in [5, 5.41) is 3.36. The van der Waals surface area contributed by atoms with Gasteiger partial charge in [0.25, 0.3) is 0 Å². The minimum absolute atomic E-state index is 0.204. The average Bonchev–Trinajstić information content (AvgIpc) is 2.85. The van der Waals surface area contributed by atoms with Gasteiger partial charge in [-0.25, -0.2) is 19.2 Å². The van der Waals surface area contributed by atoms with Gasteiger partial charge in [0.2, 0.25) is 5.88 Å². The van der Waals surface area contributed by atoms with Crippen LogP contribution < -0.4 is 19.5 Å². The van der Waals surface area contributed by atoms with Crippen LogP contribution in [0.2, 0.25) is 5.02 Å². The third kappa shape index (κ3) is 5.36. The number of carbonyl (C=O) groups is 1. The number of hydrogen-bond donors (Lipinski definition) is 1. The van der Waals surface area contributed by atoms with Crippen molar-refractivity contribution in [2.45, 2.75) is 13.0 Å². The van der Waals surface area contributed by atoms with Crippen molar-refractivity contribution in [3.05, 3.63) is 77.3 Å². The van der Waals surface area contributed by atoms with Crippen molar-refractivity contribution < 1.29 is 28.1 Å². The number of benzene rings is 3. The third-order valence-corrected chi connectivity index (χ3v) is 5.44. The van der Waals surface area contributed by atoms with E-state index in [1.54, 1.807) is 49.4 Å². The van der Waals surface area contributed by atoms with E-state index in [-0.39, 0.29) is 16.5 Å². The first-order valence-electron chi connectivity index (χ1n) is 10.5. The van der Waals surface area contributed by atoms with E-state index in [0.717, 1.165) is 0 Å². The van der Waals surface area contributed by atoms with Gasteiger partial charge in [0.1, 0.15) is 24.0 Å². The quantitative estimate of drug-likeness (QED) is 0.310. The van der Waals surface area contributed by atoms with E-state index in [4.69, 9.17) is 30.5 Å².